The molecule has 1 aromatic carbocycles. The zero-order valence-corrected chi connectivity index (χ0v) is 12.8. The number of Topliss-reactive ketones (excluding diaryl/α,β-unsaturated/α-hetero) is 1. The second kappa shape index (κ2) is 7.08. The van der Waals surface area contributed by atoms with Gasteiger partial charge in [-0.2, -0.15) is 0 Å². The molecule has 1 aromatic rings. The number of carbonyl (C=O) groups is 1. The third-order valence-corrected chi connectivity index (χ3v) is 5.01. The first-order valence-electron chi connectivity index (χ1n) is 8.35. The average Bonchev–Trinajstić information content (AvgIpc) is 2.56. The number of para-hydroxylation sites is 1. The summed E-state index contributed by atoms with van der Waals surface area (Å²) in [6, 6.07) is 10.7. The molecule has 1 saturated carbocycles. The van der Waals surface area contributed by atoms with E-state index in [2.05, 4.69) is 40.1 Å². The summed E-state index contributed by atoms with van der Waals surface area (Å²) in [5.74, 6) is 1.26. The van der Waals surface area contributed by atoms with Crippen molar-refractivity contribution in [3.8, 4) is 0 Å². The number of piperazine rings is 1. The van der Waals surface area contributed by atoms with Gasteiger partial charge in [-0.25, -0.2) is 0 Å². The molecule has 0 spiro atoms. The van der Waals surface area contributed by atoms with E-state index in [1.54, 1.807) is 0 Å². The van der Waals surface area contributed by atoms with Crippen LogP contribution in [-0.2, 0) is 4.79 Å². The molecule has 21 heavy (non-hydrogen) atoms. The molecule has 1 saturated heterocycles. The van der Waals surface area contributed by atoms with E-state index in [-0.39, 0.29) is 0 Å². The summed E-state index contributed by atoms with van der Waals surface area (Å²) >= 11 is 0. The van der Waals surface area contributed by atoms with Crippen LogP contribution >= 0.6 is 0 Å². The normalized spacial score (nSPS) is 21.7. The molecule has 3 rings (SSSR count). The zero-order chi connectivity index (χ0) is 14.5. The van der Waals surface area contributed by atoms with E-state index >= 15 is 0 Å². The lowest BCUT2D eigenvalue weighted by molar-refractivity contribution is -0.121. The Morgan fingerprint density at radius 2 is 1.62 bits per heavy atom. The Morgan fingerprint density at radius 1 is 0.952 bits per heavy atom. The molecule has 1 aliphatic heterocycles. The van der Waals surface area contributed by atoms with E-state index in [0.29, 0.717) is 5.78 Å². The summed E-state index contributed by atoms with van der Waals surface area (Å²) in [7, 11) is 0. The standard InChI is InChI=1S/C18H26N2O/c21-18-8-6-16(7-9-18)10-11-19-12-14-20(15-13-19)17-4-2-1-3-5-17/h1-5,16H,6-15H2. The van der Waals surface area contributed by atoms with Crippen LogP contribution in [0.4, 0.5) is 5.69 Å². The minimum atomic E-state index is 0.475. The van der Waals surface area contributed by atoms with Gasteiger partial charge in [-0.05, 0) is 43.9 Å². The molecule has 0 radical (unpaired) electrons. The van der Waals surface area contributed by atoms with Crippen LogP contribution in [0.5, 0.6) is 0 Å². The lowest BCUT2D eigenvalue weighted by atomic mass is 9.86. The Morgan fingerprint density at radius 3 is 2.29 bits per heavy atom. The van der Waals surface area contributed by atoms with Crippen molar-refractivity contribution in [3.05, 3.63) is 30.3 Å². The quantitative estimate of drug-likeness (QED) is 0.850. The highest BCUT2D eigenvalue weighted by Crippen LogP contribution is 2.25. The number of hydrogen-bond donors (Lipinski definition) is 0. The maximum absolute atomic E-state index is 11.3. The molecule has 2 fully saturated rings. The predicted octanol–water partition coefficient (Wildman–Crippen LogP) is 2.96. The summed E-state index contributed by atoms with van der Waals surface area (Å²) in [6.07, 6.45) is 5.18. The zero-order valence-electron chi connectivity index (χ0n) is 12.8. The van der Waals surface area contributed by atoms with Crippen LogP contribution in [0, 0.1) is 5.92 Å². The molecular formula is C18H26N2O. The van der Waals surface area contributed by atoms with E-state index in [1.165, 1.54) is 31.7 Å². The maximum Gasteiger partial charge on any atom is 0.132 e. The molecule has 2 aliphatic rings. The molecule has 0 amide bonds. The third-order valence-electron chi connectivity index (χ3n) is 5.01. The van der Waals surface area contributed by atoms with Crippen LogP contribution in [0.3, 0.4) is 0 Å². The van der Waals surface area contributed by atoms with Crippen molar-refractivity contribution in [2.24, 2.45) is 5.92 Å². The van der Waals surface area contributed by atoms with Crippen molar-refractivity contribution in [3.63, 3.8) is 0 Å². The van der Waals surface area contributed by atoms with Crippen LogP contribution in [0.2, 0.25) is 0 Å². The van der Waals surface area contributed by atoms with Gasteiger partial charge in [-0.15, -0.1) is 0 Å². The SMILES string of the molecule is O=C1CCC(CCN2CCN(c3ccccc3)CC2)CC1. The number of rotatable bonds is 4. The Balaban J connectivity index is 1.39. The highest BCUT2D eigenvalue weighted by Gasteiger charge is 2.21. The summed E-state index contributed by atoms with van der Waals surface area (Å²) in [4.78, 5) is 16.3. The lowest BCUT2D eigenvalue weighted by Gasteiger charge is -2.36. The minimum absolute atomic E-state index is 0.475. The fourth-order valence-corrected chi connectivity index (χ4v) is 3.52. The smallest absolute Gasteiger partial charge is 0.132 e. The number of benzene rings is 1. The molecule has 0 atom stereocenters. The fourth-order valence-electron chi connectivity index (χ4n) is 3.52. The van der Waals surface area contributed by atoms with Crippen LogP contribution in [0.25, 0.3) is 0 Å². The molecule has 0 N–H and O–H groups in total. The lowest BCUT2D eigenvalue weighted by Crippen LogP contribution is -2.46. The van der Waals surface area contributed by atoms with Gasteiger partial charge in [0.2, 0.25) is 0 Å². The number of nitrogens with zero attached hydrogens (tertiary/aromatic N) is 2. The Kier molecular flexibility index (Phi) is 4.91. The first-order valence-corrected chi connectivity index (χ1v) is 8.35. The van der Waals surface area contributed by atoms with Gasteiger partial charge in [0, 0.05) is 44.7 Å². The molecule has 1 aliphatic carbocycles. The van der Waals surface area contributed by atoms with Crippen molar-refractivity contribution in [2.75, 3.05) is 37.6 Å². The average molecular weight is 286 g/mol. The molecule has 114 valence electrons. The molecule has 3 nitrogen and oxygen atoms in total. The van der Waals surface area contributed by atoms with Gasteiger partial charge >= 0.3 is 0 Å². The van der Waals surface area contributed by atoms with E-state index in [9.17, 15) is 4.79 Å². The first-order chi connectivity index (χ1) is 10.3. The van der Waals surface area contributed by atoms with Crippen molar-refractivity contribution in [1.82, 2.24) is 4.90 Å². The fraction of sp³-hybridized carbons (Fsp3) is 0.611. The van der Waals surface area contributed by atoms with Gasteiger partial charge in [0.25, 0.3) is 0 Å². The summed E-state index contributed by atoms with van der Waals surface area (Å²) < 4.78 is 0. The van der Waals surface area contributed by atoms with E-state index in [0.717, 1.165) is 44.7 Å². The van der Waals surface area contributed by atoms with Gasteiger partial charge < -0.3 is 4.90 Å². The number of carbonyl (C=O) groups excluding carboxylic acids is 1. The molecule has 1 heterocycles. The second-order valence-electron chi connectivity index (χ2n) is 6.43. The van der Waals surface area contributed by atoms with Crippen LogP contribution in [0.1, 0.15) is 32.1 Å². The van der Waals surface area contributed by atoms with Crippen molar-refractivity contribution in [1.29, 1.82) is 0 Å². The Labute approximate surface area is 127 Å². The van der Waals surface area contributed by atoms with Gasteiger partial charge in [0.15, 0.2) is 0 Å². The van der Waals surface area contributed by atoms with Gasteiger partial charge in [0.1, 0.15) is 5.78 Å². The van der Waals surface area contributed by atoms with Crippen molar-refractivity contribution < 1.29 is 4.79 Å². The molecule has 0 bridgehead atoms. The first kappa shape index (κ1) is 14.6. The highest BCUT2D eigenvalue weighted by molar-refractivity contribution is 5.79. The summed E-state index contributed by atoms with van der Waals surface area (Å²) in [6.45, 7) is 5.81. The van der Waals surface area contributed by atoms with Gasteiger partial charge in [0.05, 0.1) is 0 Å². The van der Waals surface area contributed by atoms with Crippen LogP contribution in [-0.4, -0.2) is 43.4 Å². The summed E-state index contributed by atoms with van der Waals surface area (Å²) in [5.41, 5.74) is 1.35. The Hall–Kier alpha value is -1.35. The topological polar surface area (TPSA) is 23.6 Å². The van der Waals surface area contributed by atoms with E-state index in [1.807, 2.05) is 0 Å². The van der Waals surface area contributed by atoms with E-state index in [4.69, 9.17) is 0 Å². The van der Waals surface area contributed by atoms with Gasteiger partial charge in [-0.1, -0.05) is 18.2 Å². The molecule has 3 heteroatoms. The largest absolute Gasteiger partial charge is 0.369 e. The van der Waals surface area contributed by atoms with Crippen molar-refractivity contribution >= 4 is 11.5 Å². The molecular weight excluding hydrogens is 260 g/mol. The monoisotopic (exact) mass is 286 g/mol. The van der Waals surface area contributed by atoms with Crippen LogP contribution in [0.15, 0.2) is 30.3 Å². The predicted molar refractivity (Wildman–Crippen MR) is 86.7 cm³/mol. The maximum atomic E-state index is 11.3. The summed E-state index contributed by atoms with van der Waals surface area (Å²) in [5, 5.41) is 0. The Bertz CT molecular complexity index is 442. The number of hydrogen-bond acceptors (Lipinski definition) is 3. The molecule has 0 unspecified atom stereocenters. The molecule has 0 aromatic heterocycles. The van der Waals surface area contributed by atoms with Crippen molar-refractivity contribution in [2.45, 2.75) is 32.1 Å². The second-order valence-corrected chi connectivity index (χ2v) is 6.43. The van der Waals surface area contributed by atoms with Gasteiger partial charge in [-0.3, -0.25) is 9.69 Å². The van der Waals surface area contributed by atoms with Crippen LogP contribution < -0.4 is 4.90 Å². The number of ketones is 1. The van der Waals surface area contributed by atoms with E-state index < -0.39 is 0 Å². The minimum Gasteiger partial charge on any atom is -0.369 e. The number of anilines is 1. The highest BCUT2D eigenvalue weighted by atomic mass is 16.1. The third kappa shape index (κ3) is 4.07.